The SMILES string of the molecule is CC(OC(=O)/C=C/c1cnc2ccccc2n1)C(=O)Nc1cc(Cl)ccc1Cl. The minimum atomic E-state index is -1.03. The Labute approximate surface area is 171 Å². The largest absolute Gasteiger partial charge is 0.449 e. The number of esters is 1. The van der Waals surface area contributed by atoms with E-state index in [1.165, 1.54) is 25.1 Å². The van der Waals surface area contributed by atoms with E-state index in [0.717, 1.165) is 5.52 Å². The van der Waals surface area contributed by atoms with Crippen LogP contribution in [0.15, 0.2) is 54.7 Å². The fourth-order valence-corrected chi connectivity index (χ4v) is 2.64. The zero-order chi connectivity index (χ0) is 20.1. The second-order valence-electron chi connectivity index (χ2n) is 5.81. The zero-order valence-corrected chi connectivity index (χ0v) is 16.2. The van der Waals surface area contributed by atoms with Crippen molar-refractivity contribution in [1.29, 1.82) is 0 Å². The molecule has 142 valence electrons. The quantitative estimate of drug-likeness (QED) is 0.489. The number of hydrogen-bond donors (Lipinski definition) is 1. The molecule has 6 nitrogen and oxygen atoms in total. The Morgan fingerprint density at radius 1 is 1.14 bits per heavy atom. The van der Waals surface area contributed by atoms with Gasteiger partial charge in [0.2, 0.25) is 0 Å². The van der Waals surface area contributed by atoms with E-state index in [0.29, 0.717) is 26.9 Å². The highest BCUT2D eigenvalue weighted by Crippen LogP contribution is 2.25. The molecule has 0 bridgehead atoms. The number of benzene rings is 2. The number of aromatic nitrogens is 2. The molecule has 28 heavy (non-hydrogen) atoms. The molecule has 0 aliphatic carbocycles. The predicted molar refractivity (Wildman–Crippen MR) is 109 cm³/mol. The van der Waals surface area contributed by atoms with Crippen LogP contribution in [0.1, 0.15) is 12.6 Å². The third-order valence-corrected chi connectivity index (χ3v) is 4.27. The first kappa shape index (κ1) is 19.8. The number of rotatable bonds is 5. The molecule has 0 fully saturated rings. The minimum absolute atomic E-state index is 0.325. The molecule has 3 aromatic rings. The molecule has 1 heterocycles. The van der Waals surface area contributed by atoms with Gasteiger partial charge in [0.05, 0.1) is 33.6 Å². The molecule has 0 saturated carbocycles. The van der Waals surface area contributed by atoms with Crippen molar-refractivity contribution >= 4 is 57.9 Å². The van der Waals surface area contributed by atoms with Crippen molar-refractivity contribution in [1.82, 2.24) is 9.97 Å². The highest BCUT2D eigenvalue weighted by Gasteiger charge is 2.18. The van der Waals surface area contributed by atoms with Gasteiger partial charge >= 0.3 is 5.97 Å². The molecule has 2 aromatic carbocycles. The molecular weight excluding hydrogens is 401 g/mol. The Kier molecular flexibility index (Phi) is 6.23. The standard InChI is InChI=1S/C20H15Cl2N3O3/c1-12(20(27)25-18-10-13(21)6-8-15(18)22)28-19(26)9-7-14-11-23-16-4-2-3-5-17(16)24-14/h2-12H,1H3,(H,25,27)/b9-7+. The van der Waals surface area contributed by atoms with Crippen molar-refractivity contribution < 1.29 is 14.3 Å². The van der Waals surface area contributed by atoms with Crippen molar-refractivity contribution in [2.24, 2.45) is 0 Å². The lowest BCUT2D eigenvalue weighted by Crippen LogP contribution is -2.29. The second-order valence-corrected chi connectivity index (χ2v) is 6.65. The maximum absolute atomic E-state index is 12.2. The third-order valence-electron chi connectivity index (χ3n) is 3.71. The lowest BCUT2D eigenvalue weighted by atomic mass is 10.3. The van der Waals surface area contributed by atoms with E-state index >= 15 is 0 Å². The topological polar surface area (TPSA) is 81.2 Å². The fourth-order valence-electron chi connectivity index (χ4n) is 2.30. The van der Waals surface area contributed by atoms with E-state index in [2.05, 4.69) is 15.3 Å². The van der Waals surface area contributed by atoms with E-state index in [1.54, 1.807) is 18.3 Å². The number of nitrogens with one attached hydrogen (secondary N) is 1. The van der Waals surface area contributed by atoms with Gasteiger partial charge in [0.1, 0.15) is 0 Å². The molecule has 0 saturated heterocycles. The number of carbonyl (C=O) groups is 2. The number of para-hydroxylation sites is 2. The molecule has 0 aliphatic heterocycles. The van der Waals surface area contributed by atoms with Crippen molar-refractivity contribution in [2.45, 2.75) is 13.0 Å². The average Bonchev–Trinajstić information content (AvgIpc) is 2.69. The fraction of sp³-hybridized carbons (Fsp3) is 0.100. The first-order valence-electron chi connectivity index (χ1n) is 8.29. The van der Waals surface area contributed by atoms with Crippen molar-refractivity contribution in [3.05, 3.63) is 70.5 Å². The van der Waals surface area contributed by atoms with Gasteiger partial charge < -0.3 is 10.1 Å². The molecule has 1 atom stereocenters. The number of halogens is 2. The molecule has 0 aliphatic rings. The summed E-state index contributed by atoms with van der Waals surface area (Å²) < 4.78 is 5.10. The summed E-state index contributed by atoms with van der Waals surface area (Å²) in [5.74, 6) is -1.22. The van der Waals surface area contributed by atoms with E-state index in [4.69, 9.17) is 27.9 Å². The van der Waals surface area contributed by atoms with Gasteiger partial charge in [-0.25, -0.2) is 9.78 Å². The number of nitrogens with zero attached hydrogens (tertiary/aromatic N) is 2. The maximum Gasteiger partial charge on any atom is 0.331 e. The Morgan fingerprint density at radius 2 is 1.89 bits per heavy atom. The second kappa shape index (κ2) is 8.82. The Morgan fingerprint density at radius 3 is 2.68 bits per heavy atom. The normalized spacial score (nSPS) is 12.1. The van der Waals surface area contributed by atoms with Crippen LogP contribution >= 0.6 is 23.2 Å². The summed E-state index contributed by atoms with van der Waals surface area (Å²) in [4.78, 5) is 32.8. The van der Waals surface area contributed by atoms with Gasteiger partial charge in [-0.1, -0.05) is 35.3 Å². The molecule has 1 amide bonds. The summed E-state index contributed by atoms with van der Waals surface area (Å²) in [6.07, 6.45) is 3.17. The smallest absolute Gasteiger partial charge is 0.331 e. The predicted octanol–water partition coefficient (Wildman–Crippen LogP) is 4.52. The Balaban J connectivity index is 1.60. The van der Waals surface area contributed by atoms with Crippen LogP contribution in [0.25, 0.3) is 17.1 Å². The highest BCUT2D eigenvalue weighted by atomic mass is 35.5. The first-order chi connectivity index (χ1) is 13.4. The van der Waals surface area contributed by atoms with Gasteiger partial charge in [-0.15, -0.1) is 0 Å². The summed E-state index contributed by atoms with van der Waals surface area (Å²) >= 11 is 11.9. The van der Waals surface area contributed by atoms with Crippen LogP contribution in [-0.4, -0.2) is 27.9 Å². The summed E-state index contributed by atoms with van der Waals surface area (Å²) in [5.41, 5.74) is 2.30. The van der Waals surface area contributed by atoms with Gasteiger partial charge in [0.15, 0.2) is 6.10 Å². The third kappa shape index (κ3) is 5.06. The number of amides is 1. The first-order valence-corrected chi connectivity index (χ1v) is 9.04. The van der Waals surface area contributed by atoms with E-state index in [-0.39, 0.29) is 0 Å². The van der Waals surface area contributed by atoms with E-state index in [9.17, 15) is 9.59 Å². The molecular formula is C20H15Cl2N3O3. The molecule has 1 N–H and O–H groups in total. The van der Waals surface area contributed by atoms with Gasteiger partial charge in [-0.05, 0) is 43.3 Å². The monoisotopic (exact) mass is 415 g/mol. The number of ether oxygens (including phenoxy) is 1. The van der Waals surface area contributed by atoms with Crippen LogP contribution in [0.2, 0.25) is 10.0 Å². The molecule has 0 radical (unpaired) electrons. The van der Waals surface area contributed by atoms with E-state index < -0.39 is 18.0 Å². The molecule has 0 spiro atoms. The summed E-state index contributed by atoms with van der Waals surface area (Å²) in [5, 5.41) is 3.32. The van der Waals surface area contributed by atoms with Crippen molar-refractivity contribution in [2.75, 3.05) is 5.32 Å². The lowest BCUT2D eigenvalue weighted by molar-refractivity contribution is -0.148. The summed E-state index contributed by atoms with van der Waals surface area (Å²) in [6, 6.07) is 12.1. The van der Waals surface area contributed by atoms with E-state index in [1.807, 2.05) is 24.3 Å². The number of anilines is 1. The van der Waals surface area contributed by atoms with Crippen molar-refractivity contribution in [3.8, 4) is 0 Å². The van der Waals surface area contributed by atoms with Crippen LogP contribution in [-0.2, 0) is 14.3 Å². The van der Waals surface area contributed by atoms with Crippen LogP contribution in [0.4, 0.5) is 5.69 Å². The molecule has 1 aromatic heterocycles. The van der Waals surface area contributed by atoms with Gasteiger partial charge in [-0.3, -0.25) is 9.78 Å². The average molecular weight is 416 g/mol. The molecule has 8 heteroatoms. The van der Waals surface area contributed by atoms with Gasteiger partial charge in [-0.2, -0.15) is 0 Å². The zero-order valence-electron chi connectivity index (χ0n) is 14.7. The summed E-state index contributed by atoms with van der Waals surface area (Å²) in [6.45, 7) is 1.45. The van der Waals surface area contributed by atoms with Crippen LogP contribution in [0.5, 0.6) is 0 Å². The summed E-state index contributed by atoms with van der Waals surface area (Å²) in [7, 11) is 0. The Bertz CT molecular complexity index is 1070. The van der Waals surface area contributed by atoms with Gasteiger partial charge in [0.25, 0.3) is 5.91 Å². The number of hydrogen-bond acceptors (Lipinski definition) is 5. The number of carbonyl (C=O) groups excluding carboxylic acids is 2. The highest BCUT2D eigenvalue weighted by molar-refractivity contribution is 6.35. The Hall–Kier alpha value is -2.96. The minimum Gasteiger partial charge on any atom is -0.449 e. The van der Waals surface area contributed by atoms with Gasteiger partial charge in [0, 0.05) is 11.1 Å². The lowest BCUT2D eigenvalue weighted by Gasteiger charge is -2.13. The number of fused-ring (bicyclic) bond motifs is 1. The maximum atomic E-state index is 12.2. The molecule has 1 unspecified atom stereocenters. The van der Waals surface area contributed by atoms with Crippen LogP contribution < -0.4 is 5.32 Å². The van der Waals surface area contributed by atoms with Crippen LogP contribution in [0.3, 0.4) is 0 Å². The van der Waals surface area contributed by atoms with Crippen molar-refractivity contribution in [3.63, 3.8) is 0 Å². The molecule has 3 rings (SSSR count). The van der Waals surface area contributed by atoms with Crippen LogP contribution in [0, 0.1) is 0 Å².